The maximum absolute atomic E-state index is 5.67. The number of benzene rings is 1. The molecule has 96 valence electrons. The Morgan fingerprint density at radius 3 is 2.89 bits per heavy atom. The zero-order valence-corrected chi connectivity index (χ0v) is 10.9. The summed E-state index contributed by atoms with van der Waals surface area (Å²) in [6.07, 6.45) is 3.59. The molecular formula is C14H19N3O. The number of aryl methyl sites for hydroxylation is 1. The molecule has 18 heavy (non-hydrogen) atoms. The first-order chi connectivity index (χ1) is 8.78. The molecule has 0 fully saturated rings. The van der Waals surface area contributed by atoms with Crippen LogP contribution in [0.15, 0.2) is 36.7 Å². The van der Waals surface area contributed by atoms with E-state index in [-0.39, 0.29) is 0 Å². The lowest BCUT2D eigenvalue weighted by Gasteiger charge is -2.06. The van der Waals surface area contributed by atoms with E-state index in [1.165, 1.54) is 11.1 Å². The highest BCUT2D eigenvalue weighted by Crippen LogP contribution is 2.12. The van der Waals surface area contributed by atoms with Crippen molar-refractivity contribution in [3.8, 4) is 5.75 Å². The second-order valence-electron chi connectivity index (χ2n) is 4.24. The lowest BCUT2D eigenvalue weighted by Crippen LogP contribution is -2.11. The molecule has 0 saturated carbocycles. The lowest BCUT2D eigenvalue weighted by atomic mass is 10.1. The standard InChI is InChI=1S/C14H19N3O/c1-3-15-8-12-5-4-6-13(7-12)11-18-14-9-16-17(2)10-14/h4-7,9-10,15H,3,8,11H2,1-2H3. The first-order valence-corrected chi connectivity index (χ1v) is 6.18. The SMILES string of the molecule is CCNCc1cccc(COc2cnn(C)c2)c1. The quantitative estimate of drug-likeness (QED) is 0.847. The highest BCUT2D eigenvalue weighted by molar-refractivity contribution is 5.23. The van der Waals surface area contributed by atoms with Crippen LogP contribution in [0.5, 0.6) is 5.75 Å². The Balaban J connectivity index is 1.92. The van der Waals surface area contributed by atoms with Gasteiger partial charge in [0, 0.05) is 13.6 Å². The van der Waals surface area contributed by atoms with Gasteiger partial charge in [0.15, 0.2) is 5.75 Å². The Labute approximate surface area is 108 Å². The molecule has 0 amide bonds. The van der Waals surface area contributed by atoms with Gasteiger partial charge in [-0.3, -0.25) is 4.68 Å². The molecule has 1 heterocycles. The molecule has 2 aromatic rings. The molecule has 1 N–H and O–H groups in total. The summed E-state index contributed by atoms with van der Waals surface area (Å²) in [5.41, 5.74) is 2.46. The van der Waals surface area contributed by atoms with Crippen molar-refractivity contribution in [1.29, 1.82) is 0 Å². The van der Waals surface area contributed by atoms with Crippen molar-refractivity contribution in [1.82, 2.24) is 15.1 Å². The predicted molar refractivity (Wildman–Crippen MR) is 71.4 cm³/mol. The van der Waals surface area contributed by atoms with E-state index in [0.29, 0.717) is 6.61 Å². The molecule has 0 bridgehead atoms. The molecule has 1 aromatic carbocycles. The Morgan fingerprint density at radius 2 is 2.17 bits per heavy atom. The van der Waals surface area contributed by atoms with E-state index < -0.39 is 0 Å². The zero-order valence-electron chi connectivity index (χ0n) is 10.9. The second kappa shape index (κ2) is 6.21. The minimum atomic E-state index is 0.575. The predicted octanol–water partition coefficient (Wildman–Crippen LogP) is 2.11. The highest BCUT2D eigenvalue weighted by atomic mass is 16.5. The minimum Gasteiger partial charge on any atom is -0.486 e. The second-order valence-corrected chi connectivity index (χ2v) is 4.24. The van der Waals surface area contributed by atoms with Crippen molar-refractivity contribution < 1.29 is 4.74 Å². The summed E-state index contributed by atoms with van der Waals surface area (Å²) < 4.78 is 7.40. The minimum absolute atomic E-state index is 0.575. The molecule has 0 atom stereocenters. The molecule has 2 rings (SSSR count). The van der Waals surface area contributed by atoms with Crippen LogP contribution < -0.4 is 10.1 Å². The number of hydrogen-bond donors (Lipinski definition) is 1. The van der Waals surface area contributed by atoms with Crippen LogP contribution in [0.4, 0.5) is 0 Å². The summed E-state index contributed by atoms with van der Waals surface area (Å²) in [6, 6.07) is 8.43. The Morgan fingerprint density at radius 1 is 1.33 bits per heavy atom. The van der Waals surface area contributed by atoms with Crippen molar-refractivity contribution in [2.45, 2.75) is 20.1 Å². The van der Waals surface area contributed by atoms with Crippen molar-refractivity contribution in [3.05, 3.63) is 47.8 Å². The van der Waals surface area contributed by atoms with Gasteiger partial charge >= 0.3 is 0 Å². The van der Waals surface area contributed by atoms with Crippen LogP contribution in [-0.2, 0) is 20.2 Å². The van der Waals surface area contributed by atoms with Crippen LogP contribution in [0.2, 0.25) is 0 Å². The molecule has 0 aliphatic rings. The van der Waals surface area contributed by atoms with Crippen molar-refractivity contribution in [3.63, 3.8) is 0 Å². The van der Waals surface area contributed by atoms with E-state index in [1.54, 1.807) is 10.9 Å². The molecule has 0 spiro atoms. The fraction of sp³-hybridized carbons (Fsp3) is 0.357. The van der Waals surface area contributed by atoms with Crippen molar-refractivity contribution in [2.24, 2.45) is 7.05 Å². The molecular weight excluding hydrogens is 226 g/mol. The highest BCUT2D eigenvalue weighted by Gasteiger charge is 1.99. The van der Waals surface area contributed by atoms with E-state index in [4.69, 9.17) is 4.74 Å². The summed E-state index contributed by atoms with van der Waals surface area (Å²) in [4.78, 5) is 0. The largest absolute Gasteiger partial charge is 0.486 e. The fourth-order valence-corrected chi connectivity index (χ4v) is 1.74. The number of ether oxygens (including phenoxy) is 1. The van der Waals surface area contributed by atoms with Gasteiger partial charge in [-0.05, 0) is 17.7 Å². The number of nitrogens with one attached hydrogen (secondary N) is 1. The van der Waals surface area contributed by atoms with Gasteiger partial charge < -0.3 is 10.1 Å². The molecule has 0 aliphatic carbocycles. The lowest BCUT2D eigenvalue weighted by molar-refractivity contribution is 0.306. The summed E-state index contributed by atoms with van der Waals surface area (Å²) in [5, 5.41) is 7.38. The van der Waals surface area contributed by atoms with Gasteiger partial charge in [-0.15, -0.1) is 0 Å². The van der Waals surface area contributed by atoms with Crippen LogP contribution >= 0.6 is 0 Å². The van der Waals surface area contributed by atoms with Gasteiger partial charge in [-0.2, -0.15) is 5.10 Å². The molecule has 0 aliphatic heterocycles. The van der Waals surface area contributed by atoms with Gasteiger partial charge in [-0.1, -0.05) is 31.2 Å². The van der Waals surface area contributed by atoms with E-state index in [9.17, 15) is 0 Å². The average Bonchev–Trinajstić information content (AvgIpc) is 2.80. The van der Waals surface area contributed by atoms with Gasteiger partial charge in [0.05, 0.1) is 12.4 Å². The third-order valence-corrected chi connectivity index (χ3v) is 2.66. The molecule has 0 unspecified atom stereocenters. The Bertz CT molecular complexity index is 493. The number of aromatic nitrogens is 2. The van der Waals surface area contributed by atoms with Crippen LogP contribution in [0.25, 0.3) is 0 Å². The molecule has 0 radical (unpaired) electrons. The van der Waals surface area contributed by atoms with E-state index in [1.807, 2.05) is 13.2 Å². The third kappa shape index (κ3) is 3.60. The van der Waals surface area contributed by atoms with Crippen LogP contribution in [0, 0.1) is 0 Å². The number of nitrogens with zero attached hydrogens (tertiary/aromatic N) is 2. The van der Waals surface area contributed by atoms with Gasteiger partial charge in [0.2, 0.25) is 0 Å². The number of hydrogen-bond acceptors (Lipinski definition) is 3. The monoisotopic (exact) mass is 245 g/mol. The summed E-state index contributed by atoms with van der Waals surface area (Å²) in [5.74, 6) is 0.801. The topological polar surface area (TPSA) is 39.1 Å². The zero-order chi connectivity index (χ0) is 12.8. The molecule has 4 heteroatoms. The summed E-state index contributed by atoms with van der Waals surface area (Å²) >= 11 is 0. The summed E-state index contributed by atoms with van der Waals surface area (Å²) in [7, 11) is 1.88. The number of rotatable bonds is 6. The summed E-state index contributed by atoms with van der Waals surface area (Å²) in [6.45, 7) is 4.56. The third-order valence-electron chi connectivity index (χ3n) is 2.66. The average molecular weight is 245 g/mol. The molecule has 0 saturated heterocycles. The molecule has 1 aromatic heterocycles. The van der Waals surface area contributed by atoms with Gasteiger partial charge in [-0.25, -0.2) is 0 Å². The van der Waals surface area contributed by atoms with Crippen molar-refractivity contribution in [2.75, 3.05) is 6.54 Å². The van der Waals surface area contributed by atoms with Gasteiger partial charge in [0.1, 0.15) is 6.61 Å². The van der Waals surface area contributed by atoms with Crippen LogP contribution in [0.3, 0.4) is 0 Å². The van der Waals surface area contributed by atoms with E-state index >= 15 is 0 Å². The molecule has 4 nitrogen and oxygen atoms in total. The van der Waals surface area contributed by atoms with Crippen LogP contribution in [-0.4, -0.2) is 16.3 Å². The Hall–Kier alpha value is -1.81. The van der Waals surface area contributed by atoms with Crippen molar-refractivity contribution >= 4 is 0 Å². The normalized spacial score (nSPS) is 10.6. The van der Waals surface area contributed by atoms with Crippen LogP contribution in [0.1, 0.15) is 18.1 Å². The van der Waals surface area contributed by atoms with E-state index in [0.717, 1.165) is 18.8 Å². The fourth-order valence-electron chi connectivity index (χ4n) is 1.74. The Kier molecular flexibility index (Phi) is 4.36. The first-order valence-electron chi connectivity index (χ1n) is 6.18. The van der Waals surface area contributed by atoms with Gasteiger partial charge in [0.25, 0.3) is 0 Å². The smallest absolute Gasteiger partial charge is 0.157 e. The first kappa shape index (κ1) is 12.6. The van der Waals surface area contributed by atoms with E-state index in [2.05, 4.69) is 41.6 Å². The maximum atomic E-state index is 5.67. The maximum Gasteiger partial charge on any atom is 0.157 e.